The second-order valence-electron chi connectivity index (χ2n) is 4.87. The molecule has 1 fully saturated rings. The number of nitrogens with zero attached hydrogens (tertiary/aromatic N) is 1. The van der Waals surface area contributed by atoms with Crippen molar-refractivity contribution in [3.05, 3.63) is 29.8 Å². The first-order valence-electron chi connectivity index (χ1n) is 6.85. The largest absolute Gasteiger partial charge is 0.489 e. The van der Waals surface area contributed by atoms with E-state index in [1.807, 2.05) is 12.1 Å². The van der Waals surface area contributed by atoms with Gasteiger partial charge in [-0.1, -0.05) is 19.1 Å². The Balaban J connectivity index is 1.79. The van der Waals surface area contributed by atoms with Crippen molar-refractivity contribution in [2.75, 3.05) is 26.3 Å². The van der Waals surface area contributed by atoms with E-state index in [0.717, 1.165) is 38.2 Å². The average Bonchev–Trinajstić information content (AvgIpc) is 2.85. The third-order valence-electron chi connectivity index (χ3n) is 3.47. The second-order valence-corrected chi connectivity index (χ2v) is 4.87. The molecule has 0 aromatic heterocycles. The summed E-state index contributed by atoms with van der Waals surface area (Å²) in [5.74, 6) is 0.949. The number of ether oxygens (including phenoxy) is 1. The van der Waals surface area contributed by atoms with Crippen molar-refractivity contribution in [1.82, 2.24) is 4.90 Å². The number of hydrogen-bond donors (Lipinski definition) is 0. The number of alkyl halides is 1. The van der Waals surface area contributed by atoms with Crippen molar-refractivity contribution < 1.29 is 9.13 Å². The van der Waals surface area contributed by atoms with Crippen LogP contribution >= 0.6 is 0 Å². The molecule has 1 aromatic rings. The van der Waals surface area contributed by atoms with Gasteiger partial charge in [0.1, 0.15) is 11.9 Å². The van der Waals surface area contributed by atoms with Crippen molar-refractivity contribution in [2.45, 2.75) is 32.3 Å². The lowest BCUT2D eigenvalue weighted by atomic mass is 10.2. The second kappa shape index (κ2) is 6.74. The number of benzene rings is 1. The van der Waals surface area contributed by atoms with Gasteiger partial charge < -0.3 is 4.74 Å². The molecule has 1 unspecified atom stereocenters. The van der Waals surface area contributed by atoms with Crippen molar-refractivity contribution in [3.8, 4) is 5.75 Å². The molecule has 0 N–H and O–H groups in total. The van der Waals surface area contributed by atoms with Crippen LogP contribution < -0.4 is 4.74 Å². The highest BCUT2D eigenvalue weighted by atomic mass is 19.1. The van der Waals surface area contributed by atoms with Crippen molar-refractivity contribution >= 4 is 0 Å². The lowest BCUT2D eigenvalue weighted by molar-refractivity contribution is 0.198. The minimum Gasteiger partial charge on any atom is -0.489 e. The minimum atomic E-state index is -0.222. The highest BCUT2D eigenvalue weighted by molar-refractivity contribution is 5.27. The quantitative estimate of drug-likeness (QED) is 0.770. The summed E-state index contributed by atoms with van der Waals surface area (Å²) in [7, 11) is 0. The summed E-state index contributed by atoms with van der Waals surface area (Å²) >= 11 is 0. The van der Waals surface area contributed by atoms with E-state index in [2.05, 4.69) is 24.0 Å². The van der Waals surface area contributed by atoms with Crippen molar-refractivity contribution in [2.24, 2.45) is 0 Å². The summed E-state index contributed by atoms with van der Waals surface area (Å²) in [6, 6.07) is 8.32. The molecule has 1 aliphatic heterocycles. The summed E-state index contributed by atoms with van der Waals surface area (Å²) in [6.07, 6.45) is 3.00. The van der Waals surface area contributed by atoms with E-state index in [4.69, 9.17) is 4.74 Å². The van der Waals surface area contributed by atoms with E-state index < -0.39 is 0 Å². The summed E-state index contributed by atoms with van der Waals surface area (Å²) in [4.78, 5) is 2.28. The van der Waals surface area contributed by atoms with Crippen LogP contribution in [0.5, 0.6) is 5.75 Å². The van der Waals surface area contributed by atoms with E-state index >= 15 is 0 Å². The van der Waals surface area contributed by atoms with E-state index in [1.165, 1.54) is 5.56 Å². The first-order chi connectivity index (χ1) is 8.81. The first kappa shape index (κ1) is 13.3. The topological polar surface area (TPSA) is 12.5 Å². The smallest absolute Gasteiger partial charge is 0.119 e. The normalized spacial score (nSPS) is 20.2. The third kappa shape index (κ3) is 3.70. The molecule has 100 valence electrons. The van der Waals surface area contributed by atoms with Crippen LogP contribution in [0.1, 0.15) is 25.3 Å². The van der Waals surface area contributed by atoms with Gasteiger partial charge in [-0.3, -0.25) is 9.29 Å². The summed E-state index contributed by atoms with van der Waals surface area (Å²) < 4.78 is 18.1. The molecule has 0 radical (unpaired) electrons. The molecule has 18 heavy (non-hydrogen) atoms. The van der Waals surface area contributed by atoms with E-state index in [-0.39, 0.29) is 12.8 Å². The number of rotatable bonds is 6. The molecule has 2 rings (SSSR count). The summed E-state index contributed by atoms with van der Waals surface area (Å²) in [5.41, 5.74) is 1.33. The van der Waals surface area contributed by atoms with Gasteiger partial charge in [0.2, 0.25) is 0 Å². The Morgan fingerprint density at radius 3 is 2.78 bits per heavy atom. The fourth-order valence-corrected chi connectivity index (χ4v) is 2.38. The number of halogens is 1. The zero-order chi connectivity index (χ0) is 12.8. The Bertz CT molecular complexity index is 352. The van der Waals surface area contributed by atoms with Crippen LogP contribution in [-0.2, 0) is 6.42 Å². The molecule has 2 nitrogen and oxygen atoms in total. The van der Waals surface area contributed by atoms with E-state index in [1.54, 1.807) is 0 Å². The number of aryl methyl sites for hydroxylation is 1. The van der Waals surface area contributed by atoms with E-state index in [0.29, 0.717) is 6.42 Å². The zero-order valence-electron chi connectivity index (χ0n) is 11.1. The van der Waals surface area contributed by atoms with Crippen LogP contribution in [0.3, 0.4) is 0 Å². The van der Waals surface area contributed by atoms with Gasteiger partial charge in [-0.05, 0) is 37.0 Å². The molecule has 1 heterocycles. The lowest BCUT2D eigenvalue weighted by Gasteiger charge is -2.16. The predicted molar refractivity (Wildman–Crippen MR) is 71.9 cm³/mol. The summed E-state index contributed by atoms with van der Waals surface area (Å²) in [5, 5.41) is 0. The van der Waals surface area contributed by atoms with Gasteiger partial charge in [0.25, 0.3) is 0 Å². The molecular formula is C15H22FNO. The van der Waals surface area contributed by atoms with Crippen LogP contribution in [-0.4, -0.2) is 37.3 Å². The minimum absolute atomic E-state index is 0.222. The molecule has 0 spiro atoms. The van der Waals surface area contributed by atoms with Gasteiger partial charge in [0.15, 0.2) is 0 Å². The first-order valence-corrected chi connectivity index (χ1v) is 6.85. The number of hydrogen-bond acceptors (Lipinski definition) is 2. The maximum Gasteiger partial charge on any atom is 0.119 e. The molecule has 1 atom stereocenters. The lowest BCUT2D eigenvalue weighted by Crippen LogP contribution is -2.26. The number of likely N-dealkylation sites (tertiary alicyclic amines) is 1. The Morgan fingerprint density at radius 1 is 1.33 bits per heavy atom. The zero-order valence-corrected chi connectivity index (χ0v) is 11.1. The van der Waals surface area contributed by atoms with Crippen LogP contribution in [0.2, 0.25) is 0 Å². The Labute approximate surface area is 109 Å². The maximum absolute atomic E-state index is 12.1. The van der Waals surface area contributed by atoms with E-state index in [9.17, 15) is 4.39 Å². The van der Waals surface area contributed by atoms with Crippen LogP contribution in [0.4, 0.5) is 4.39 Å². The molecule has 1 aliphatic rings. The van der Waals surface area contributed by atoms with Crippen molar-refractivity contribution in [1.29, 1.82) is 0 Å². The van der Waals surface area contributed by atoms with Crippen LogP contribution in [0.25, 0.3) is 0 Å². The molecule has 1 aromatic carbocycles. The standard InChI is InChI=1S/C15H22FNO/c1-2-13-4-6-14(7-5-13)18-15-8-11-17(12-15)10-3-9-16/h4-7,15H,2-3,8-12H2,1H3. The van der Waals surface area contributed by atoms with Gasteiger partial charge in [0.05, 0.1) is 6.67 Å². The fourth-order valence-electron chi connectivity index (χ4n) is 2.38. The van der Waals surface area contributed by atoms with Gasteiger partial charge >= 0.3 is 0 Å². The van der Waals surface area contributed by atoms with Crippen molar-refractivity contribution in [3.63, 3.8) is 0 Å². The molecule has 1 saturated heterocycles. The molecule has 0 aliphatic carbocycles. The summed E-state index contributed by atoms with van der Waals surface area (Å²) in [6.45, 7) is 4.73. The molecule has 0 saturated carbocycles. The molecule has 3 heteroatoms. The molecule has 0 bridgehead atoms. The predicted octanol–water partition coefficient (Wildman–Crippen LogP) is 3.06. The van der Waals surface area contributed by atoms with Crippen LogP contribution in [0, 0.1) is 0 Å². The van der Waals surface area contributed by atoms with Gasteiger partial charge in [-0.2, -0.15) is 0 Å². The van der Waals surface area contributed by atoms with Crippen LogP contribution in [0.15, 0.2) is 24.3 Å². The van der Waals surface area contributed by atoms with Gasteiger partial charge in [-0.25, -0.2) is 0 Å². The maximum atomic E-state index is 12.1. The molecular weight excluding hydrogens is 229 g/mol. The fraction of sp³-hybridized carbons (Fsp3) is 0.600. The Morgan fingerprint density at radius 2 is 2.11 bits per heavy atom. The third-order valence-corrected chi connectivity index (χ3v) is 3.47. The highest BCUT2D eigenvalue weighted by Crippen LogP contribution is 2.19. The Kier molecular flexibility index (Phi) is 5.00. The monoisotopic (exact) mass is 251 g/mol. The SMILES string of the molecule is CCc1ccc(OC2CCN(CCCF)C2)cc1. The van der Waals surface area contributed by atoms with Gasteiger partial charge in [-0.15, -0.1) is 0 Å². The highest BCUT2D eigenvalue weighted by Gasteiger charge is 2.23. The van der Waals surface area contributed by atoms with Gasteiger partial charge in [0, 0.05) is 19.6 Å². The molecule has 0 amide bonds. The Hall–Kier alpha value is -1.09. The average molecular weight is 251 g/mol.